The monoisotopic (exact) mass is 298 g/mol. The molecule has 0 saturated carbocycles. The average molecular weight is 299 g/mol. The molecular formula is C14H19ClN2O3. The van der Waals surface area contributed by atoms with Crippen molar-refractivity contribution in [1.82, 2.24) is 10.2 Å². The summed E-state index contributed by atoms with van der Waals surface area (Å²) in [7, 11) is 0. The van der Waals surface area contributed by atoms with E-state index in [4.69, 9.17) is 4.74 Å². The van der Waals surface area contributed by atoms with Crippen LogP contribution in [0.1, 0.15) is 34.6 Å². The second-order valence-electron chi connectivity index (χ2n) is 4.34. The summed E-state index contributed by atoms with van der Waals surface area (Å²) in [5.41, 5.74) is 0.748. The van der Waals surface area contributed by atoms with Crippen LogP contribution in [0.2, 0.25) is 0 Å². The number of likely N-dealkylation sites (N-methyl/N-ethyl adjacent to an activating group) is 1. The highest BCUT2D eigenvalue weighted by atomic mass is 35.5. The number of carbonyl (C=O) groups excluding carboxylic acids is 2. The van der Waals surface area contributed by atoms with Gasteiger partial charge in [0.2, 0.25) is 0 Å². The summed E-state index contributed by atoms with van der Waals surface area (Å²) in [6.45, 7) is 7.41. The Morgan fingerprint density at radius 3 is 2.50 bits per heavy atom. The normalized spacial score (nSPS) is 12.9. The zero-order valence-corrected chi connectivity index (χ0v) is 12.5. The number of fused-ring (bicyclic) bond motifs is 1. The van der Waals surface area contributed by atoms with Crippen LogP contribution in [0, 0.1) is 0 Å². The van der Waals surface area contributed by atoms with Crippen LogP contribution in [0.5, 0.6) is 5.75 Å². The summed E-state index contributed by atoms with van der Waals surface area (Å²) in [5.74, 6) is -0.249. The molecule has 5 nitrogen and oxygen atoms in total. The zero-order valence-electron chi connectivity index (χ0n) is 11.6. The minimum absolute atomic E-state index is 0. The molecule has 0 spiro atoms. The molecule has 0 aromatic heterocycles. The molecule has 20 heavy (non-hydrogen) atoms. The van der Waals surface area contributed by atoms with Gasteiger partial charge in [-0.15, -0.1) is 12.4 Å². The van der Waals surface area contributed by atoms with Crippen LogP contribution < -0.4 is 10.1 Å². The fraction of sp³-hybridized carbons (Fsp3) is 0.429. The van der Waals surface area contributed by atoms with E-state index in [9.17, 15) is 9.59 Å². The van der Waals surface area contributed by atoms with Crippen LogP contribution in [-0.2, 0) is 0 Å². The van der Waals surface area contributed by atoms with Crippen LogP contribution in [-0.4, -0.2) is 43.0 Å². The number of carbonyl (C=O) groups is 2. The van der Waals surface area contributed by atoms with Crippen LogP contribution in [0.3, 0.4) is 0 Å². The van der Waals surface area contributed by atoms with Gasteiger partial charge >= 0.3 is 0 Å². The Bertz CT molecular complexity index is 501. The largest absolute Gasteiger partial charge is 0.491 e. The van der Waals surface area contributed by atoms with Gasteiger partial charge in [0.15, 0.2) is 0 Å². The number of halogens is 1. The van der Waals surface area contributed by atoms with Gasteiger partial charge in [-0.2, -0.15) is 0 Å². The summed E-state index contributed by atoms with van der Waals surface area (Å²) in [5, 5.41) is 2.28. The topological polar surface area (TPSA) is 58.6 Å². The van der Waals surface area contributed by atoms with E-state index in [1.54, 1.807) is 18.2 Å². The minimum Gasteiger partial charge on any atom is -0.491 e. The Kier molecular flexibility index (Phi) is 5.98. The van der Waals surface area contributed by atoms with E-state index in [0.717, 1.165) is 19.6 Å². The lowest BCUT2D eigenvalue weighted by Crippen LogP contribution is -2.28. The van der Waals surface area contributed by atoms with E-state index >= 15 is 0 Å². The Balaban J connectivity index is 0.00000200. The third kappa shape index (κ3) is 3.29. The lowest BCUT2D eigenvalue weighted by Gasteiger charge is -2.18. The summed E-state index contributed by atoms with van der Waals surface area (Å²) < 4.78 is 5.65. The standard InChI is InChI=1S/C14H18N2O3.ClH/c1-3-16(4-2)8-9-19-11-7-5-6-10-12(11)14(18)15-13(10)17;/h5-7H,3-4,8-9H2,1-2H3,(H,15,17,18);1H. The quantitative estimate of drug-likeness (QED) is 0.812. The fourth-order valence-electron chi connectivity index (χ4n) is 2.13. The summed E-state index contributed by atoms with van der Waals surface area (Å²) >= 11 is 0. The second-order valence-corrected chi connectivity index (χ2v) is 4.34. The molecule has 0 atom stereocenters. The number of benzene rings is 1. The first-order chi connectivity index (χ1) is 9.17. The van der Waals surface area contributed by atoms with Crippen molar-refractivity contribution in [2.75, 3.05) is 26.2 Å². The minimum atomic E-state index is -0.376. The average Bonchev–Trinajstić information content (AvgIpc) is 2.71. The number of amides is 2. The molecule has 1 aromatic rings. The molecule has 1 aliphatic heterocycles. The molecule has 2 rings (SSSR count). The number of imide groups is 1. The molecule has 6 heteroatoms. The summed E-state index contributed by atoms with van der Waals surface area (Å²) in [4.78, 5) is 25.4. The van der Waals surface area contributed by atoms with Crippen LogP contribution >= 0.6 is 12.4 Å². The summed E-state index contributed by atoms with van der Waals surface area (Å²) in [6, 6.07) is 5.08. The molecule has 0 bridgehead atoms. The van der Waals surface area contributed by atoms with Crippen molar-refractivity contribution >= 4 is 24.2 Å². The molecule has 1 aliphatic rings. The van der Waals surface area contributed by atoms with E-state index in [-0.39, 0.29) is 24.2 Å². The molecule has 1 N–H and O–H groups in total. The molecule has 110 valence electrons. The first kappa shape index (κ1) is 16.5. The van der Waals surface area contributed by atoms with Gasteiger partial charge in [0.05, 0.1) is 11.1 Å². The molecule has 1 aromatic carbocycles. The van der Waals surface area contributed by atoms with Gasteiger partial charge in [-0.1, -0.05) is 19.9 Å². The van der Waals surface area contributed by atoms with Gasteiger partial charge in [-0.3, -0.25) is 14.9 Å². The number of hydrogen-bond donors (Lipinski definition) is 1. The molecule has 1 heterocycles. The van der Waals surface area contributed by atoms with Crippen molar-refractivity contribution in [3.8, 4) is 5.75 Å². The summed E-state index contributed by atoms with van der Waals surface area (Å²) in [6.07, 6.45) is 0. The van der Waals surface area contributed by atoms with Gasteiger partial charge in [0.1, 0.15) is 12.4 Å². The number of rotatable bonds is 6. The predicted molar refractivity (Wildman–Crippen MR) is 78.8 cm³/mol. The van der Waals surface area contributed by atoms with E-state index < -0.39 is 0 Å². The van der Waals surface area contributed by atoms with Gasteiger partial charge in [0, 0.05) is 6.54 Å². The Morgan fingerprint density at radius 2 is 1.85 bits per heavy atom. The maximum absolute atomic E-state index is 11.7. The first-order valence-electron chi connectivity index (χ1n) is 6.51. The van der Waals surface area contributed by atoms with E-state index in [2.05, 4.69) is 24.1 Å². The molecule has 0 radical (unpaired) electrons. The SMILES string of the molecule is CCN(CC)CCOc1cccc2c1C(=O)NC2=O.Cl. The van der Waals surface area contributed by atoms with Crippen molar-refractivity contribution in [3.63, 3.8) is 0 Å². The van der Waals surface area contributed by atoms with Crippen molar-refractivity contribution in [1.29, 1.82) is 0 Å². The predicted octanol–water partition coefficient (Wildman–Crippen LogP) is 1.71. The molecule has 0 fully saturated rings. The van der Waals surface area contributed by atoms with Crippen LogP contribution in [0.4, 0.5) is 0 Å². The van der Waals surface area contributed by atoms with E-state index in [1.165, 1.54) is 0 Å². The van der Waals surface area contributed by atoms with Crippen molar-refractivity contribution in [3.05, 3.63) is 29.3 Å². The molecule has 0 saturated heterocycles. The highest BCUT2D eigenvalue weighted by molar-refractivity contribution is 6.22. The number of nitrogens with one attached hydrogen (secondary N) is 1. The third-order valence-corrected chi connectivity index (χ3v) is 3.28. The van der Waals surface area contributed by atoms with Gasteiger partial charge in [0.25, 0.3) is 11.8 Å². The molecule has 0 unspecified atom stereocenters. The van der Waals surface area contributed by atoms with Gasteiger partial charge in [-0.25, -0.2) is 0 Å². The lowest BCUT2D eigenvalue weighted by molar-refractivity contribution is 0.0878. The smallest absolute Gasteiger partial charge is 0.262 e. The van der Waals surface area contributed by atoms with E-state index in [1.807, 2.05) is 0 Å². The zero-order chi connectivity index (χ0) is 13.8. The maximum atomic E-state index is 11.7. The highest BCUT2D eigenvalue weighted by Gasteiger charge is 2.29. The van der Waals surface area contributed by atoms with E-state index in [0.29, 0.717) is 23.5 Å². The van der Waals surface area contributed by atoms with Crippen molar-refractivity contribution in [2.24, 2.45) is 0 Å². The first-order valence-corrected chi connectivity index (χ1v) is 6.51. The fourth-order valence-corrected chi connectivity index (χ4v) is 2.13. The third-order valence-electron chi connectivity index (χ3n) is 3.28. The maximum Gasteiger partial charge on any atom is 0.262 e. The van der Waals surface area contributed by atoms with Crippen molar-refractivity contribution in [2.45, 2.75) is 13.8 Å². The van der Waals surface area contributed by atoms with Crippen LogP contribution in [0.15, 0.2) is 18.2 Å². The number of nitrogens with zero attached hydrogens (tertiary/aromatic N) is 1. The second kappa shape index (κ2) is 7.26. The highest BCUT2D eigenvalue weighted by Crippen LogP contribution is 2.26. The molecule has 2 amide bonds. The van der Waals surface area contributed by atoms with Gasteiger partial charge < -0.3 is 9.64 Å². The molecular weight excluding hydrogens is 280 g/mol. The van der Waals surface area contributed by atoms with Gasteiger partial charge in [-0.05, 0) is 25.2 Å². The Labute approximate surface area is 124 Å². The molecule has 0 aliphatic carbocycles. The lowest BCUT2D eigenvalue weighted by atomic mass is 10.1. The number of hydrogen-bond acceptors (Lipinski definition) is 4. The Morgan fingerprint density at radius 1 is 1.15 bits per heavy atom. The van der Waals surface area contributed by atoms with Crippen molar-refractivity contribution < 1.29 is 14.3 Å². The Hall–Kier alpha value is -1.59. The van der Waals surface area contributed by atoms with Crippen LogP contribution in [0.25, 0.3) is 0 Å². The number of ether oxygens (including phenoxy) is 1.